The molecule has 0 unspecified atom stereocenters. The second-order valence-corrected chi connectivity index (χ2v) is 6.19. The second kappa shape index (κ2) is 6.91. The zero-order chi connectivity index (χ0) is 13.6. The van der Waals surface area contributed by atoms with Gasteiger partial charge in [-0.15, -0.1) is 0 Å². The van der Waals surface area contributed by atoms with Crippen LogP contribution in [0.4, 0.5) is 0 Å². The maximum Gasteiger partial charge on any atom is 0.204 e. The van der Waals surface area contributed by atoms with Crippen LogP contribution in [0.3, 0.4) is 0 Å². The van der Waals surface area contributed by atoms with Crippen LogP contribution in [0.5, 0.6) is 0 Å². The summed E-state index contributed by atoms with van der Waals surface area (Å²) in [5, 5.41) is 3.68. The molecule has 1 heterocycles. The van der Waals surface area contributed by atoms with Gasteiger partial charge in [0, 0.05) is 18.4 Å². The molecule has 0 saturated heterocycles. The lowest BCUT2D eigenvalue weighted by Crippen LogP contribution is -2.40. The van der Waals surface area contributed by atoms with Crippen LogP contribution in [-0.4, -0.2) is 27.6 Å². The highest BCUT2D eigenvalue weighted by molar-refractivity contribution is 5.82. The standard InChI is InChI=1S/C16H26N4/c1-3-7-14(8-4-1)18-16(20-12-11-17-13-20)19-15-9-5-2-6-10-15/h11-15H,1-10H2,(H,18,19). The summed E-state index contributed by atoms with van der Waals surface area (Å²) in [6, 6.07) is 1.09. The van der Waals surface area contributed by atoms with E-state index in [1.54, 1.807) is 0 Å². The summed E-state index contributed by atoms with van der Waals surface area (Å²) in [4.78, 5) is 9.17. The van der Waals surface area contributed by atoms with E-state index in [0.717, 1.165) is 5.96 Å². The van der Waals surface area contributed by atoms with Crippen molar-refractivity contribution >= 4 is 5.96 Å². The minimum Gasteiger partial charge on any atom is -0.353 e. The molecule has 2 fully saturated rings. The zero-order valence-corrected chi connectivity index (χ0v) is 12.3. The Labute approximate surface area is 121 Å². The molecule has 0 radical (unpaired) electrons. The van der Waals surface area contributed by atoms with Gasteiger partial charge < -0.3 is 5.32 Å². The first-order valence-electron chi connectivity index (χ1n) is 8.24. The molecule has 4 nitrogen and oxygen atoms in total. The van der Waals surface area contributed by atoms with Crippen molar-refractivity contribution in [2.75, 3.05) is 0 Å². The SMILES string of the molecule is c1cn(C(=NC2CCCCC2)NC2CCCCC2)cn1. The molecule has 1 N–H and O–H groups in total. The number of hydrogen-bond acceptors (Lipinski definition) is 2. The van der Waals surface area contributed by atoms with Gasteiger partial charge in [-0.2, -0.15) is 0 Å². The molecule has 1 aromatic rings. The fraction of sp³-hybridized carbons (Fsp3) is 0.750. The number of aromatic nitrogens is 2. The van der Waals surface area contributed by atoms with Crippen LogP contribution >= 0.6 is 0 Å². The van der Waals surface area contributed by atoms with Crippen molar-refractivity contribution in [2.24, 2.45) is 4.99 Å². The second-order valence-electron chi connectivity index (χ2n) is 6.19. The van der Waals surface area contributed by atoms with Gasteiger partial charge in [0.05, 0.1) is 6.04 Å². The lowest BCUT2D eigenvalue weighted by molar-refractivity contribution is 0.405. The summed E-state index contributed by atoms with van der Waals surface area (Å²) in [6.45, 7) is 0. The number of hydrogen-bond donors (Lipinski definition) is 1. The van der Waals surface area contributed by atoms with E-state index < -0.39 is 0 Å². The molecular weight excluding hydrogens is 248 g/mol. The van der Waals surface area contributed by atoms with Crippen molar-refractivity contribution in [3.05, 3.63) is 18.7 Å². The normalized spacial score (nSPS) is 22.9. The molecule has 0 bridgehead atoms. The predicted molar refractivity (Wildman–Crippen MR) is 81.9 cm³/mol. The third-order valence-electron chi connectivity index (χ3n) is 4.57. The van der Waals surface area contributed by atoms with Gasteiger partial charge in [-0.1, -0.05) is 38.5 Å². The van der Waals surface area contributed by atoms with Gasteiger partial charge in [-0.3, -0.25) is 4.57 Å². The molecule has 0 spiro atoms. The van der Waals surface area contributed by atoms with E-state index in [0.29, 0.717) is 12.1 Å². The smallest absolute Gasteiger partial charge is 0.204 e. The van der Waals surface area contributed by atoms with E-state index in [9.17, 15) is 0 Å². The molecule has 0 atom stereocenters. The first kappa shape index (κ1) is 13.7. The quantitative estimate of drug-likeness (QED) is 0.664. The monoisotopic (exact) mass is 274 g/mol. The first-order valence-corrected chi connectivity index (χ1v) is 8.24. The van der Waals surface area contributed by atoms with E-state index in [1.807, 2.05) is 23.3 Å². The Morgan fingerprint density at radius 3 is 2.35 bits per heavy atom. The van der Waals surface area contributed by atoms with Gasteiger partial charge >= 0.3 is 0 Å². The van der Waals surface area contributed by atoms with E-state index >= 15 is 0 Å². The van der Waals surface area contributed by atoms with Crippen LogP contribution in [-0.2, 0) is 0 Å². The Hall–Kier alpha value is -1.32. The Bertz CT molecular complexity index is 412. The van der Waals surface area contributed by atoms with Crippen LogP contribution in [0.2, 0.25) is 0 Å². The molecule has 2 aliphatic carbocycles. The summed E-state index contributed by atoms with van der Waals surface area (Å²) in [5.41, 5.74) is 0. The highest BCUT2D eigenvalue weighted by Crippen LogP contribution is 2.21. The third kappa shape index (κ3) is 3.62. The van der Waals surface area contributed by atoms with Gasteiger partial charge in [0.1, 0.15) is 6.33 Å². The van der Waals surface area contributed by atoms with E-state index in [-0.39, 0.29) is 0 Å². The number of nitrogens with zero attached hydrogens (tertiary/aromatic N) is 3. The summed E-state index contributed by atoms with van der Waals surface area (Å²) >= 11 is 0. The lowest BCUT2D eigenvalue weighted by atomic mass is 9.95. The van der Waals surface area contributed by atoms with E-state index in [4.69, 9.17) is 4.99 Å². The van der Waals surface area contributed by atoms with Crippen molar-refractivity contribution in [3.8, 4) is 0 Å². The van der Waals surface area contributed by atoms with Crippen molar-refractivity contribution in [1.82, 2.24) is 14.9 Å². The van der Waals surface area contributed by atoms with Gasteiger partial charge in [-0.05, 0) is 25.7 Å². The van der Waals surface area contributed by atoms with Gasteiger partial charge in [-0.25, -0.2) is 9.98 Å². The molecule has 0 aliphatic heterocycles. The highest BCUT2D eigenvalue weighted by Gasteiger charge is 2.18. The topological polar surface area (TPSA) is 42.2 Å². The van der Waals surface area contributed by atoms with Crippen molar-refractivity contribution in [1.29, 1.82) is 0 Å². The predicted octanol–water partition coefficient (Wildman–Crippen LogP) is 3.34. The van der Waals surface area contributed by atoms with Crippen LogP contribution in [0.1, 0.15) is 64.2 Å². The molecule has 20 heavy (non-hydrogen) atoms. The zero-order valence-electron chi connectivity index (χ0n) is 12.3. The summed E-state index contributed by atoms with van der Waals surface area (Å²) in [6.07, 6.45) is 18.8. The minimum absolute atomic E-state index is 0.497. The van der Waals surface area contributed by atoms with Gasteiger partial charge in [0.15, 0.2) is 0 Å². The lowest BCUT2D eigenvalue weighted by Gasteiger charge is -2.26. The summed E-state index contributed by atoms with van der Waals surface area (Å²) in [5.74, 6) is 1.02. The van der Waals surface area contributed by atoms with E-state index in [2.05, 4.69) is 10.3 Å². The van der Waals surface area contributed by atoms with Crippen molar-refractivity contribution < 1.29 is 0 Å². The van der Waals surface area contributed by atoms with Crippen molar-refractivity contribution in [2.45, 2.75) is 76.3 Å². The van der Waals surface area contributed by atoms with Gasteiger partial charge in [0.25, 0.3) is 0 Å². The highest BCUT2D eigenvalue weighted by atomic mass is 15.2. The van der Waals surface area contributed by atoms with Crippen molar-refractivity contribution in [3.63, 3.8) is 0 Å². The molecule has 1 aromatic heterocycles. The van der Waals surface area contributed by atoms with Crippen LogP contribution < -0.4 is 5.32 Å². The fourth-order valence-corrected chi connectivity index (χ4v) is 3.38. The van der Waals surface area contributed by atoms with E-state index in [1.165, 1.54) is 64.2 Å². The molecule has 2 saturated carbocycles. The Morgan fingerprint density at radius 1 is 1.00 bits per heavy atom. The maximum absolute atomic E-state index is 5.00. The molecule has 0 amide bonds. The van der Waals surface area contributed by atoms with Gasteiger partial charge in [0.2, 0.25) is 5.96 Å². The maximum atomic E-state index is 5.00. The average molecular weight is 274 g/mol. The van der Waals surface area contributed by atoms with Crippen LogP contribution in [0.15, 0.2) is 23.7 Å². The average Bonchev–Trinajstić information content (AvgIpc) is 3.03. The fourth-order valence-electron chi connectivity index (χ4n) is 3.38. The first-order chi connectivity index (χ1) is 9.92. The Balaban J connectivity index is 1.71. The largest absolute Gasteiger partial charge is 0.353 e. The summed E-state index contributed by atoms with van der Waals surface area (Å²) < 4.78 is 2.04. The summed E-state index contributed by atoms with van der Waals surface area (Å²) in [7, 11) is 0. The Morgan fingerprint density at radius 2 is 1.70 bits per heavy atom. The number of aliphatic imine (C=N–C) groups is 1. The Kier molecular flexibility index (Phi) is 4.72. The molecular formula is C16H26N4. The number of rotatable bonds is 2. The number of imidazole rings is 1. The molecule has 4 heteroatoms. The molecule has 2 aliphatic rings. The third-order valence-corrected chi connectivity index (χ3v) is 4.57. The molecule has 0 aromatic carbocycles. The number of nitrogens with one attached hydrogen (secondary N) is 1. The molecule has 3 rings (SSSR count). The van der Waals surface area contributed by atoms with Crippen LogP contribution in [0.25, 0.3) is 0 Å². The van der Waals surface area contributed by atoms with Crippen LogP contribution in [0, 0.1) is 0 Å². The molecule has 110 valence electrons. The minimum atomic E-state index is 0.497.